The SMILES string of the molecule is O=C(O)C1=C[C@@H](O)C[C@H](O)C1. The van der Waals surface area contributed by atoms with E-state index in [2.05, 4.69) is 0 Å². The van der Waals surface area contributed by atoms with Crippen LogP contribution in [0.15, 0.2) is 11.6 Å². The monoisotopic (exact) mass is 158 g/mol. The van der Waals surface area contributed by atoms with E-state index >= 15 is 0 Å². The summed E-state index contributed by atoms with van der Waals surface area (Å²) in [5.74, 6) is -1.07. The normalized spacial score (nSPS) is 31.3. The summed E-state index contributed by atoms with van der Waals surface area (Å²) in [6, 6.07) is 0. The molecule has 62 valence electrons. The molecule has 0 radical (unpaired) electrons. The Balaban J connectivity index is 2.72. The Morgan fingerprint density at radius 3 is 2.64 bits per heavy atom. The van der Waals surface area contributed by atoms with E-state index < -0.39 is 18.2 Å². The second-order valence-electron chi connectivity index (χ2n) is 2.66. The summed E-state index contributed by atoms with van der Waals surface area (Å²) in [6.07, 6.45) is 0.101. The first-order valence-corrected chi connectivity index (χ1v) is 3.39. The van der Waals surface area contributed by atoms with Crippen molar-refractivity contribution in [2.45, 2.75) is 25.0 Å². The van der Waals surface area contributed by atoms with Crippen molar-refractivity contribution in [3.63, 3.8) is 0 Å². The van der Waals surface area contributed by atoms with Crippen molar-refractivity contribution in [2.24, 2.45) is 0 Å². The van der Waals surface area contributed by atoms with E-state index in [4.69, 9.17) is 15.3 Å². The average Bonchev–Trinajstić information content (AvgIpc) is 1.85. The minimum atomic E-state index is -1.07. The molecule has 4 heteroatoms. The number of aliphatic hydroxyl groups excluding tert-OH is 2. The molecule has 4 nitrogen and oxygen atoms in total. The first kappa shape index (κ1) is 8.23. The predicted octanol–water partition coefficient (Wildman–Crippen LogP) is -0.487. The summed E-state index contributed by atoms with van der Waals surface area (Å²) >= 11 is 0. The number of hydrogen-bond donors (Lipinski definition) is 3. The summed E-state index contributed by atoms with van der Waals surface area (Å²) in [7, 11) is 0. The summed E-state index contributed by atoms with van der Waals surface area (Å²) in [5.41, 5.74) is 0.0938. The number of carbonyl (C=O) groups is 1. The van der Waals surface area contributed by atoms with Crippen LogP contribution in [0, 0.1) is 0 Å². The standard InChI is InChI=1S/C7H10O4/c8-5-1-4(7(10)11)2-6(9)3-5/h1,5-6,8-9H,2-3H2,(H,10,11)/t5-,6-/m1/s1. The quantitative estimate of drug-likeness (QED) is 0.481. The molecule has 0 aromatic heterocycles. The minimum absolute atomic E-state index is 0.0938. The van der Waals surface area contributed by atoms with Gasteiger partial charge in [-0.05, 0) is 6.08 Å². The highest BCUT2D eigenvalue weighted by Gasteiger charge is 2.22. The fourth-order valence-corrected chi connectivity index (χ4v) is 1.14. The first-order valence-electron chi connectivity index (χ1n) is 3.39. The van der Waals surface area contributed by atoms with E-state index in [1.54, 1.807) is 0 Å². The van der Waals surface area contributed by atoms with Crippen LogP contribution in [0.1, 0.15) is 12.8 Å². The van der Waals surface area contributed by atoms with Gasteiger partial charge < -0.3 is 15.3 Å². The van der Waals surface area contributed by atoms with E-state index in [-0.39, 0.29) is 18.4 Å². The van der Waals surface area contributed by atoms with Gasteiger partial charge >= 0.3 is 5.97 Å². The fraction of sp³-hybridized carbons (Fsp3) is 0.571. The van der Waals surface area contributed by atoms with Crippen molar-refractivity contribution in [1.29, 1.82) is 0 Å². The fourth-order valence-electron chi connectivity index (χ4n) is 1.14. The van der Waals surface area contributed by atoms with Crippen LogP contribution >= 0.6 is 0 Å². The highest BCUT2D eigenvalue weighted by Crippen LogP contribution is 2.18. The smallest absolute Gasteiger partial charge is 0.331 e. The Labute approximate surface area is 63.8 Å². The first-order chi connectivity index (χ1) is 5.09. The van der Waals surface area contributed by atoms with Gasteiger partial charge in [0.25, 0.3) is 0 Å². The highest BCUT2D eigenvalue weighted by molar-refractivity contribution is 5.86. The lowest BCUT2D eigenvalue weighted by atomic mass is 9.95. The zero-order valence-electron chi connectivity index (χ0n) is 5.90. The number of carboxylic acid groups (broad SMARTS) is 1. The van der Waals surface area contributed by atoms with Gasteiger partial charge in [0.15, 0.2) is 0 Å². The topological polar surface area (TPSA) is 77.8 Å². The maximum atomic E-state index is 10.4. The third-order valence-electron chi connectivity index (χ3n) is 1.64. The molecule has 2 atom stereocenters. The molecule has 0 bridgehead atoms. The molecule has 0 heterocycles. The van der Waals surface area contributed by atoms with Crippen LogP contribution < -0.4 is 0 Å². The summed E-state index contributed by atoms with van der Waals surface area (Å²) in [5, 5.41) is 26.5. The second-order valence-corrected chi connectivity index (χ2v) is 2.66. The van der Waals surface area contributed by atoms with Gasteiger partial charge in [-0.1, -0.05) is 0 Å². The molecule has 1 rings (SSSR count). The van der Waals surface area contributed by atoms with Crippen molar-refractivity contribution in [2.75, 3.05) is 0 Å². The third-order valence-corrected chi connectivity index (χ3v) is 1.64. The highest BCUT2D eigenvalue weighted by atomic mass is 16.4. The molecule has 0 spiro atoms. The molecular formula is C7H10O4. The lowest BCUT2D eigenvalue weighted by Gasteiger charge is -2.19. The van der Waals surface area contributed by atoms with Crippen molar-refractivity contribution >= 4 is 5.97 Å². The van der Waals surface area contributed by atoms with Gasteiger partial charge in [-0.25, -0.2) is 4.79 Å². The van der Waals surface area contributed by atoms with Gasteiger partial charge in [0.1, 0.15) is 0 Å². The maximum Gasteiger partial charge on any atom is 0.331 e. The molecule has 0 aromatic rings. The molecule has 3 N–H and O–H groups in total. The van der Waals surface area contributed by atoms with Crippen LogP contribution in [-0.2, 0) is 4.79 Å². The Kier molecular flexibility index (Phi) is 2.26. The molecule has 1 aliphatic rings. The lowest BCUT2D eigenvalue weighted by molar-refractivity contribution is -0.133. The largest absolute Gasteiger partial charge is 0.478 e. The van der Waals surface area contributed by atoms with Crippen LogP contribution in [0.4, 0.5) is 0 Å². The summed E-state index contributed by atoms with van der Waals surface area (Å²) in [4.78, 5) is 10.4. The van der Waals surface area contributed by atoms with Gasteiger partial charge in [0.2, 0.25) is 0 Å². The number of rotatable bonds is 1. The van der Waals surface area contributed by atoms with Crippen LogP contribution in [0.5, 0.6) is 0 Å². The van der Waals surface area contributed by atoms with Crippen molar-refractivity contribution < 1.29 is 20.1 Å². The van der Waals surface area contributed by atoms with Crippen LogP contribution in [0.3, 0.4) is 0 Å². The molecule has 0 saturated carbocycles. The van der Waals surface area contributed by atoms with E-state index in [1.807, 2.05) is 0 Å². The molecule has 0 fully saturated rings. The molecule has 0 aliphatic heterocycles. The molecule has 0 aromatic carbocycles. The molecule has 0 amide bonds. The maximum absolute atomic E-state index is 10.4. The predicted molar refractivity (Wildman–Crippen MR) is 37.0 cm³/mol. The lowest BCUT2D eigenvalue weighted by Crippen LogP contribution is -2.24. The van der Waals surface area contributed by atoms with Crippen LogP contribution in [-0.4, -0.2) is 33.5 Å². The van der Waals surface area contributed by atoms with Gasteiger partial charge in [-0.3, -0.25) is 0 Å². The Bertz CT molecular complexity index is 197. The van der Waals surface area contributed by atoms with Crippen molar-refractivity contribution in [3.05, 3.63) is 11.6 Å². The van der Waals surface area contributed by atoms with E-state index in [9.17, 15) is 4.79 Å². The average molecular weight is 158 g/mol. The number of aliphatic carboxylic acids is 1. The second kappa shape index (κ2) is 3.02. The Morgan fingerprint density at radius 1 is 1.55 bits per heavy atom. The van der Waals surface area contributed by atoms with Crippen molar-refractivity contribution in [3.8, 4) is 0 Å². The zero-order valence-corrected chi connectivity index (χ0v) is 5.90. The Hall–Kier alpha value is -0.870. The molecular weight excluding hydrogens is 148 g/mol. The van der Waals surface area contributed by atoms with E-state index in [0.717, 1.165) is 0 Å². The van der Waals surface area contributed by atoms with Gasteiger partial charge in [-0.2, -0.15) is 0 Å². The number of carboxylic acids is 1. The minimum Gasteiger partial charge on any atom is -0.478 e. The Morgan fingerprint density at radius 2 is 2.18 bits per heavy atom. The van der Waals surface area contributed by atoms with Crippen LogP contribution in [0.2, 0.25) is 0 Å². The molecule has 0 saturated heterocycles. The number of hydrogen-bond acceptors (Lipinski definition) is 3. The zero-order chi connectivity index (χ0) is 8.43. The molecule has 1 aliphatic carbocycles. The molecule has 0 unspecified atom stereocenters. The van der Waals surface area contributed by atoms with Crippen molar-refractivity contribution in [1.82, 2.24) is 0 Å². The summed E-state index contributed by atoms with van der Waals surface area (Å²) < 4.78 is 0. The van der Waals surface area contributed by atoms with E-state index in [1.165, 1.54) is 6.08 Å². The van der Waals surface area contributed by atoms with Gasteiger partial charge in [0.05, 0.1) is 12.2 Å². The van der Waals surface area contributed by atoms with Crippen LogP contribution in [0.25, 0.3) is 0 Å². The third kappa shape index (κ3) is 2.03. The number of aliphatic hydroxyl groups is 2. The molecule has 11 heavy (non-hydrogen) atoms. The van der Waals surface area contributed by atoms with Gasteiger partial charge in [-0.15, -0.1) is 0 Å². The van der Waals surface area contributed by atoms with Gasteiger partial charge in [0, 0.05) is 18.4 Å². The summed E-state index contributed by atoms with van der Waals surface area (Å²) in [6.45, 7) is 0. The van der Waals surface area contributed by atoms with E-state index in [0.29, 0.717) is 0 Å².